The van der Waals surface area contributed by atoms with Crippen molar-refractivity contribution in [2.75, 3.05) is 37.2 Å². The van der Waals surface area contributed by atoms with Gasteiger partial charge in [0.15, 0.2) is 35.7 Å². The molecular formula is C81H62FN5O9. The molecule has 14 nitrogen and oxygen atoms in total. The third kappa shape index (κ3) is 15.0. The number of halogens is 1. The largest absolute Gasteiger partial charge is 0.467 e. The Labute approximate surface area is 554 Å². The smallest absolute Gasteiger partial charge is 0.408 e. The number of nitrogens with one attached hydrogen (secondary N) is 1. The molecule has 2 N–H and O–H groups in total. The minimum Gasteiger partial charge on any atom is -0.467 e. The van der Waals surface area contributed by atoms with Gasteiger partial charge in [-0.25, -0.2) is 14.2 Å². The lowest BCUT2D eigenvalue weighted by atomic mass is 9.65. The Morgan fingerprint density at radius 2 is 1.11 bits per heavy atom. The van der Waals surface area contributed by atoms with Crippen LogP contribution in [0.4, 0.5) is 20.7 Å². The molecule has 1 unspecified atom stereocenters. The van der Waals surface area contributed by atoms with Crippen molar-refractivity contribution in [3.8, 4) is 34.2 Å². The van der Waals surface area contributed by atoms with Gasteiger partial charge in [0, 0.05) is 59.8 Å². The number of furan rings is 1. The summed E-state index contributed by atoms with van der Waals surface area (Å²) in [7, 11) is 1.41. The number of allylic oxidation sites excluding steroid dienone is 3. The van der Waals surface area contributed by atoms with E-state index in [1.54, 1.807) is 152 Å². The fraction of sp³-hybridized carbons (Fsp3) is 0.0741. The van der Waals surface area contributed by atoms with E-state index in [2.05, 4.69) is 11.4 Å². The first-order valence-electron chi connectivity index (χ1n) is 30.6. The number of benzene rings is 8. The topological polar surface area (TPSA) is 192 Å². The third-order valence-corrected chi connectivity index (χ3v) is 16.0. The zero-order valence-corrected chi connectivity index (χ0v) is 51.9. The summed E-state index contributed by atoms with van der Waals surface area (Å²) in [4.78, 5) is 86.5. The number of ether oxygens (including phenoxy) is 2. The SMILES string of the molecule is COCOc1cc(F)ccc1-c1cc(-c2cccc(N3CCN(C(=O)O)C(C(=Cc4ccccc4)C(=O)C=Cc4ccccc4)(C(=Cc4ccccc4)C(=O)C=Cc4ccccc4)C3C(=Cc3ccccc3)C(=O)C=Cc3ccccc3)c2)c(C#N)c(NC(=O)c2ccco2)n1. The molecule has 0 bridgehead atoms. The molecule has 1 aliphatic rings. The first-order valence-corrected chi connectivity index (χ1v) is 30.6. The lowest BCUT2D eigenvalue weighted by Crippen LogP contribution is -2.73. The number of ketones is 3. The number of nitriles is 1. The van der Waals surface area contributed by atoms with Crippen molar-refractivity contribution in [1.29, 1.82) is 5.26 Å². The van der Waals surface area contributed by atoms with Gasteiger partial charge in [-0.3, -0.25) is 24.1 Å². The predicted molar refractivity (Wildman–Crippen MR) is 372 cm³/mol. The van der Waals surface area contributed by atoms with Crippen LogP contribution in [0.1, 0.15) is 49.5 Å². The van der Waals surface area contributed by atoms with Crippen molar-refractivity contribution < 1.29 is 47.4 Å². The summed E-state index contributed by atoms with van der Waals surface area (Å²) in [5, 5.41) is 26.5. The van der Waals surface area contributed by atoms with E-state index in [9.17, 15) is 15.2 Å². The van der Waals surface area contributed by atoms with Crippen LogP contribution in [0.3, 0.4) is 0 Å². The Bertz CT molecular complexity index is 4570. The van der Waals surface area contributed by atoms with E-state index >= 15 is 23.6 Å². The van der Waals surface area contributed by atoms with Crippen LogP contribution in [0.5, 0.6) is 5.75 Å². The highest BCUT2D eigenvalue weighted by atomic mass is 19.1. The lowest BCUT2D eigenvalue weighted by molar-refractivity contribution is -0.115. The van der Waals surface area contributed by atoms with E-state index in [0.717, 1.165) is 11.0 Å². The summed E-state index contributed by atoms with van der Waals surface area (Å²) in [6, 6.07) is 69.9. The van der Waals surface area contributed by atoms with Crippen molar-refractivity contribution in [3.63, 3.8) is 0 Å². The molecule has 1 fully saturated rings. The number of hydrogen-bond acceptors (Lipinski definition) is 11. The number of anilines is 2. The molecule has 10 aromatic rings. The number of rotatable bonds is 23. The summed E-state index contributed by atoms with van der Waals surface area (Å²) in [6.07, 6.45) is 13.6. The summed E-state index contributed by atoms with van der Waals surface area (Å²) in [5.41, 5.74) is 1.47. The number of methoxy groups -OCH3 is 1. The van der Waals surface area contributed by atoms with E-state index in [1.807, 2.05) is 102 Å². The summed E-state index contributed by atoms with van der Waals surface area (Å²) >= 11 is 0. The summed E-state index contributed by atoms with van der Waals surface area (Å²) in [6.45, 7) is -0.857. The zero-order chi connectivity index (χ0) is 66.8. The number of carbonyl (C=O) groups excluding carboxylic acids is 4. The summed E-state index contributed by atoms with van der Waals surface area (Å²) in [5.74, 6) is -3.67. The lowest BCUT2D eigenvalue weighted by Gasteiger charge is -2.57. The molecule has 1 atom stereocenters. The van der Waals surface area contributed by atoms with Crippen molar-refractivity contribution in [2.24, 2.45) is 0 Å². The molecule has 2 aromatic heterocycles. The van der Waals surface area contributed by atoms with Gasteiger partial charge in [0.05, 0.1) is 18.0 Å². The summed E-state index contributed by atoms with van der Waals surface area (Å²) < 4.78 is 31.7. The van der Waals surface area contributed by atoms with Crippen molar-refractivity contribution >= 4 is 77.3 Å². The van der Waals surface area contributed by atoms with Gasteiger partial charge in [-0.2, -0.15) is 5.26 Å². The predicted octanol–water partition coefficient (Wildman–Crippen LogP) is 16.3. The molecule has 3 heterocycles. The standard InChI is InChI=1S/C81H62FN5O9/c1-94-55-96-76-52-63(82)40-41-65(76)71-53-66(68(54-83)78(84-71)85-79(91)75-36-21-47-95-75)62-34-20-35-64(51-62)86-45-46-87(80(92)93)81(69(49-60-30-16-6-17-31-60)73(89)43-38-57-24-10-3-11-25-57,70(50-61-32-18-7-19-33-61)74(90)44-39-58-26-12-4-13-27-58)77(86)67(48-59-28-14-5-15-29-59)72(88)42-37-56-22-8-2-9-23-56/h2-44,47-53,77H,45-46,55H2,1H3,(H,92,93)(H,84,85,91). The second-order valence-corrected chi connectivity index (χ2v) is 22.1. The molecule has 11 rings (SSSR count). The van der Waals surface area contributed by atoms with Crippen LogP contribution in [-0.4, -0.2) is 82.9 Å². The number of pyridine rings is 1. The zero-order valence-electron chi connectivity index (χ0n) is 51.9. The van der Waals surface area contributed by atoms with Crippen LogP contribution < -0.4 is 15.0 Å². The second-order valence-electron chi connectivity index (χ2n) is 22.1. The van der Waals surface area contributed by atoms with Gasteiger partial charge in [0.2, 0.25) is 0 Å². The number of piperazine rings is 1. The van der Waals surface area contributed by atoms with Gasteiger partial charge < -0.3 is 29.2 Å². The van der Waals surface area contributed by atoms with Gasteiger partial charge in [-0.05, 0) is 118 Å². The second kappa shape index (κ2) is 30.7. The fourth-order valence-electron chi connectivity index (χ4n) is 11.7. The van der Waals surface area contributed by atoms with Gasteiger partial charge in [-0.15, -0.1) is 0 Å². The van der Waals surface area contributed by atoms with Crippen LogP contribution in [-0.2, 0) is 19.1 Å². The van der Waals surface area contributed by atoms with E-state index < -0.39 is 53.3 Å². The number of hydrogen-bond donors (Lipinski definition) is 2. The first-order chi connectivity index (χ1) is 46.9. The molecule has 472 valence electrons. The molecule has 0 radical (unpaired) electrons. The van der Waals surface area contributed by atoms with Gasteiger partial charge in [0.1, 0.15) is 28.7 Å². The van der Waals surface area contributed by atoms with Gasteiger partial charge in [-0.1, -0.05) is 212 Å². The Morgan fingerprint density at radius 1 is 0.604 bits per heavy atom. The number of amides is 2. The highest BCUT2D eigenvalue weighted by molar-refractivity contribution is 6.20. The van der Waals surface area contributed by atoms with Crippen LogP contribution in [0, 0.1) is 17.1 Å². The van der Waals surface area contributed by atoms with Crippen LogP contribution in [0.15, 0.2) is 288 Å². The highest BCUT2D eigenvalue weighted by Gasteiger charge is 2.61. The van der Waals surface area contributed by atoms with Crippen LogP contribution >= 0.6 is 0 Å². The number of carboxylic acid groups (broad SMARTS) is 1. The average Bonchev–Trinajstić information content (AvgIpc) is 0.731. The molecule has 8 aromatic carbocycles. The maximum Gasteiger partial charge on any atom is 0.408 e. The molecule has 0 saturated carbocycles. The van der Waals surface area contributed by atoms with Crippen LogP contribution in [0.25, 0.3) is 58.8 Å². The Morgan fingerprint density at radius 3 is 1.60 bits per heavy atom. The Kier molecular flexibility index (Phi) is 20.7. The maximum atomic E-state index is 16.6. The third-order valence-electron chi connectivity index (χ3n) is 16.0. The van der Waals surface area contributed by atoms with Crippen LogP contribution in [0.2, 0.25) is 0 Å². The van der Waals surface area contributed by atoms with Gasteiger partial charge >= 0.3 is 6.09 Å². The van der Waals surface area contributed by atoms with Crippen molar-refractivity contribution in [3.05, 3.63) is 334 Å². The quantitative estimate of drug-likeness (QED) is 0.0455. The van der Waals surface area contributed by atoms with Crippen molar-refractivity contribution in [1.82, 2.24) is 9.88 Å². The fourth-order valence-corrected chi connectivity index (χ4v) is 11.7. The van der Waals surface area contributed by atoms with E-state index in [4.69, 9.17) is 18.9 Å². The molecular weight excluding hydrogens is 1210 g/mol. The Hall–Kier alpha value is -12.6. The number of nitrogens with zero attached hydrogens (tertiary/aromatic N) is 4. The normalized spacial score (nSPS) is 15.2. The minimum atomic E-state index is -2.55. The average molecular weight is 1270 g/mol. The minimum absolute atomic E-state index is 0.0244. The molecule has 0 spiro atoms. The maximum absolute atomic E-state index is 16.6. The van der Waals surface area contributed by atoms with E-state index in [0.29, 0.717) is 44.6 Å². The molecule has 0 aliphatic carbocycles. The van der Waals surface area contributed by atoms with E-state index in [1.165, 1.54) is 55.9 Å². The molecule has 2 amide bonds. The molecule has 1 aliphatic heterocycles. The molecule has 1 saturated heterocycles. The molecule has 15 heteroatoms. The monoisotopic (exact) mass is 1270 g/mol. The van der Waals surface area contributed by atoms with E-state index in [-0.39, 0.29) is 69.8 Å². The van der Waals surface area contributed by atoms with Gasteiger partial charge in [0.25, 0.3) is 5.91 Å². The number of aromatic nitrogens is 1. The molecule has 96 heavy (non-hydrogen) atoms. The number of carbonyl (C=O) groups is 5. The first kappa shape index (κ1) is 64.9. The highest BCUT2D eigenvalue weighted by Crippen LogP contribution is 2.49. The Balaban J connectivity index is 1.27. The van der Waals surface area contributed by atoms with Crippen molar-refractivity contribution in [2.45, 2.75) is 11.6 Å².